The summed E-state index contributed by atoms with van der Waals surface area (Å²) in [5.74, 6) is 0. The van der Waals surface area contributed by atoms with Crippen molar-refractivity contribution in [2.75, 3.05) is 0 Å². The second kappa shape index (κ2) is 6.49. The van der Waals surface area contributed by atoms with Gasteiger partial charge in [-0.2, -0.15) is 0 Å². The van der Waals surface area contributed by atoms with Gasteiger partial charge in [0.2, 0.25) is 0 Å². The van der Waals surface area contributed by atoms with Gasteiger partial charge in [0, 0.05) is 0 Å². The van der Waals surface area contributed by atoms with Crippen LogP contribution in [0.4, 0.5) is 0 Å². The van der Waals surface area contributed by atoms with E-state index < -0.39 is 0 Å². The van der Waals surface area contributed by atoms with Gasteiger partial charge in [-0.1, -0.05) is 48.9 Å². The molecule has 1 rings (SSSR count). The average molecular weight is 218 g/mol. The van der Waals surface area contributed by atoms with Gasteiger partial charge in [0.1, 0.15) is 0 Å². The number of benzene rings is 1. The Labute approximate surface area is 98.8 Å². The summed E-state index contributed by atoms with van der Waals surface area (Å²) in [7, 11) is 0. The summed E-state index contributed by atoms with van der Waals surface area (Å²) in [6.45, 7) is 8.09. The molecular weight excluding hydrogens is 196 g/mol. The molecular formula is C15H22O. The topological polar surface area (TPSA) is 20.2 Å². The maximum absolute atomic E-state index is 9.81. The second-order valence-corrected chi connectivity index (χ2v) is 4.49. The molecule has 1 aromatic rings. The van der Waals surface area contributed by atoms with Crippen molar-refractivity contribution < 1.29 is 5.11 Å². The highest BCUT2D eigenvalue weighted by Gasteiger charge is 2.05. The largest absolute Gasteiger partial charge is 0.393 e. The van der Waals surface area contributed by atoms with Crippen LogP contribution in [-0.2, 0) is 6.42 Å². The SMILES string of the molecule is C=C(CC)CC(O)CCc1ccc(C)cc1. The van der Waals surface area contributed by atoms with E-state index in [1.54, 1.807) is 0 Å². The molecule has 0 aromatic heterocycles. The number of hydrogen-bond donors (Lipinski definition) is 1. The summed E-state index contributed by atoms with van der Waals surface area (Å²) >= 11 is 0. The fourth-order valence-corrected chi connectivity index (χ4v) is 1.67. The van der Waals surface area contributed by atoms with Crippen molar-refractivity contribution in [2.45, 2.75) is 45.6 Å². The van der Waals surface area contributed by atoms with Crippen LogP contribution < -0.4 is 0 Å². The molecule has 0 fully saturated rings. The summed E-state index contributed by atoms with van der Waals surface area (Å²) in [5, 5.41) is 9.81. The van der Waals surface area contributed by atoms with E-state index in [9.17, 15) is 5.11 Å². The van der Waals surface area contributed by atoms with Crippen LogP contribution in [0.5, 0.6) is 0 Å². The molecule has 88 valence electrons. The molecule has 0 saturated heterocycles. The van der Waals surface area contributed by atoms with Crippen LogP contribution in [0.3, 0.4) is 0 Å². The number of hydrogen-bond acceptors (Lipinski definition) is 1. The quantitative estimate of drug-likeness (QED) is 0.723. The van der Waals surface area contributed by atoms with Crippen LogP contribution in [0.25, 0.3) is 0 Å². The highest BCUT2D eigenvalue weighted by atomic mass is 16.3. The Bertz CT molecular complexity index is 324. The summed E-state index contributed by atoms with van der Waals surface area (Å²) in [5.41, 5.74) is 3.71. The molecule has 0 aliphatic heterocycles. The number of rotatable bonds is 6. The first kappa shape index (κ1) is 13.0. The lowest BCUT2D eigenvalue weighted by Gasteiger charge is -2.11. The Morgan fingerprint density at radius 1 is 1.31 bits per heavy atom. The van der Waals surface area contributed by atoms with Crippen LogP contribution in [0, 0.1) is 6.92 Å². The van der Waals surface area contributed by atoms with Crippen LogP contribution >= 0.6 is 0 Å². The van der Waals surface area contributed by atoms with Gasteiger partial charge in [0.15, 0.2) is 0 Å². The molecule has 0 aliphatic carbocycles. The fourth-order valence-electron chi connectivity index (χ4n) is 1.67. The number of aliphatic hydroxyl groups is 1. The van der Waals surface area contributed by atoms with E-state index in [2.05, 4.69) is 44.7 Å². The van der Waals surface area contributed by atoms with Gasteiger partial charge >= 0.3 is 0 Å². The Balaban J connectivity index is 2.34. The molecule has 0 aliphatic rings. The lowest BCUT2D eigenvalue weighted by Crippen LogP contribution is -2.08. The maximum Gasteiger partial charge on any atom is 0.0580 e. The highest BCUT2D eigenvalue weighted by molar-refractivity contribution is 5.21. The Kier molecular flexibility index (Phi) is 5.27. The molecule has 0 amide bonds. The molecule has 0 saturated carbocycles. The molecule has 1 nitrogen and oxygen atoms in total. The average Bonchev–Trinajstić information content (AvgIpc) is 2.28. The molecule has 1 aromatic carbocycles. The van der Waals surface area contributed by atoms with E-state index in [0.29, 0.717) is 0 Å². The predicted molar refractivity (Wildman–Crippen MR) is 69.6 cm³/mol. The lowest BCUT2D eigenvalue weighted by molar-refractivity contribution is 0.164. The van der Waals surface area contributed by atoms with Crippen molar-refractivity contribution in [3.05, 3.63) is 47.5 Å². The minimum atomic E-state index is -0.242. The third-order valence-corrected chi connectivity index (χ3v) is 2.91. The summed E-state index contributed by atoms with van der Waals surface area (Å²) < 4.78 is 0. The van der Waals surface area contributed by atoms with Crippen LogP contribution in [0.15, 0.2) is 36.4 Å². The first-order valence-electron chi connectivity index (χ1n) is 6.02. The monoisotopic (exact) mass is 218 g/mol. The molecule has 16 heavy (non-hydrogen) atoms. The van der Waals surface area contributed by atoms with Crippen molar-refractivity contribution >= 4 is 0 Å². The summed E-state index contributed by atoms with van der Waals surface area (Å²) in [6.07, 6.45) is 3.22. The normalized spacial score (nSPS) is 12.4. The smallest absolute Gasteiger partial charge is 0.0580 e. The summed E-state index contributed by atoms with van der Waals surface area (Å²) in [6, 6.07) is 8.51. The highest BCUT2D eigenvalue weighted by Crippen LogP contribution is 2.13. The van der Waals surface area contributed by atoms with Crippen LogP contribution in [0.1, 0.15) is 37.3 Å². The van der Waals surface area contributed by atoms with E-state index in [0.717, 1.165) is 31.3 Å². The van der Waals surface area contributed by atoms with E-state index in [1.807, 2.05) is 0 Å². The first-order valence-corrected chi connectivity index (χ1v) is 6.02. The molecule has 0 heterocycles. The predicted octanol–water partition coefficient (Wildman–Crippen LogP) is 3.64. The first-order chi connectivity index (χ1) is 7.61. The summed E-state index contributed by atoms with van der Waals surface area (Å²) in [4.78, 5) is 0. The Morgan fingerprint density at radius 2 is 1.94 bits per heavy atom. The van der Waals surface area contributed by atoms with Crippen molar-refractivity contribution in [2.24, 2.45) is 0 Å². The zero-order chi connectivity index (χ0) is 12.0. The van der Waals surface area contributed by atoms with Crippen molar-refractivity contribution in [1.29, 1.82) is 0 Å². The maximum atomic E-state index is 9.81. The third-order valence-electron chi connectivity index (χ3n) is 2.91. The van der Waals surface area contributed by atoms with Gasteiger partial charge in [-0.3, -0.25) is 0 Å². The van der Waals surface area contributed by atoms with Gasteiger partial charge in [0.25, 0.3) is 0 Å². The van der Waals surface area contributed by atoms with Crippen molar-refractivity contribution in [3.63, 3.8) is 0 Å². The number of aliphatic hydroxyl groups excluding tert-OH is 1. The van der Waals surface area contributed by atoms with Gasteiger partial charge in [-0.05, 0) is 38.2 Å². The Hall–Kier alpha value is -1.08. The molecule has 0 spiro atoms. The minimum absolute atomic E-state index is 0.242. The van der Waals surface area contributed by atoms with Gasteiger partial charge < -0.3 is 5.11 Å². The van der Waals surface area contributed by atoms with Gasteiger partial charge in [0.05, 0.1) is 6.10 Å². The molecule has 1 unspecified atom stereocenters. The van der Waals surface area contributed by atoms with E-state index >= 15 is 0 Å². The van der Waals surface area contributed by atoms with Gasteiger partial charge in [-0.15, -0.1) is 0 Å². The standard InChI is InChI=1S/C15H22O/c1-4-12(2)11-15(16)10-9-14-7-5-13(3)6-8-14/h5-8,15-16H,2,4,9-11H2,1,3H3. The van der Waals surface area contributed by atoms with Crippen molar-refractivity contribution in [1.82, 2.24) is 0 Å². The second-order valence-electron chi connectivity index (χ2n) is 4.49. The van der Waals surface area contributed by atoms with E-state index in [4.69, 9.17) is 0 Å². The number of aryl methyl sites for hydroxylation is 2. The fraction of sp³-hybridized carbons (Fsp3) is 0.467. The zero-order valence-electron chi connectivity index (χ0n) is 10.4. The molecule has 0 bridgehead atoms. The van der Waals surface area contributed by atoms with Gasteiger partial charge in [-0.25, -0.2) is 0 Å². The molecule has 1 atom stereocenters. The Morgan fingerprint density at radius 3 is 2.50 bits per heavy atom. The zero-order valence-corrected chi connectivity index (χ0v) is 10.4. The molecule has 1 N–H and O–H groups in total. The minimum Gasteiger partial charge on any atom is -0.393 e. The lowest BCUT2D eigenvalue weighted by atomic mass is 10.0. The molecule has 1 heteroatoms. The third kappa shape index (κ3) is 4.63. The van der Waals surface area contributed by atoms with E-state index in [1.165, 1.54) is 11.1 Å². The van der Waals surface area contributed by atoms with Crippen LogP contribution in [0.2, 0.25) is 0 Å². The molecule has 0 radical (unpaired) electrons. The van der Waals surface area contributed by atoms with Crippen LogP contribution in [-0.4, -0.2) is 11.2 Å². The van der Waals surface area contributed by atoms with Crippen molar-refractivity contribution in [3.8, 4) is 0 Å². The van der Waals surface area contributed by atoms with E-state index in [-0.39, 0.29) is 6.10 Å².